The molecule has 0 aliphatic heterocycles. The van der Waals surface area contributed by atoms with Gasteiger partial charge < -0.3 is 5.32 Å². The van der Waals surface area contributed by atoms with Crippen LogP contribution in [0, 0.1) is 23.7 Å². The molecule has 0 aromatic carbocycles. The van der Waals surface area contributed by atoms with Crippen molar-refractivity contribution in [3.8, 4) is 0 Å². The summed E-state index contributed by atoms with van der Waals surface area (Å²) in [4.78, 5) is 0. The molecule has 0 amide bonds. The topological polar surface area (TPSA) is 12.0 Å². The van der Waals surface area contributed by atoms with Gasteiger partial charge in [0.05, 0.1) is 0 Å². The molecule has 0 saturated heterocycles. The van der Waals surface area contributed by atoms with E-state index in [1.54, 1.807) is 0 Å². The van der Waals surface area contributed by atoms with Crippen LogP contribution in [0.5, 0.6) is 0 Å². The molecule has 2 saturated carbocycles. The van der Waals surface area contributed by atoms with Crippen molar-refractivity contribution < 1.29 is 0 Å². The van der Waals surface area contributed by atoms with E-state index in [2.05, 4.69) is 43.8 Å². The fraction of sp³-hybridized carbons (Fsp3) is 0.750. The van der Waals surface area contributed by atoms with Crippen LogP contribution in [0.1, 0.15) is 51.2 Å². The molecule has 3 unspecified atom stereocenters. The van der Waals surface area contributed by atoms with Crippen LogP contribution in [-0.2, 0) is 6.54 Å². The van der Waals surface area contributed by atoms with Gasteiger partial charge in [-0.25, -0.2) is 0 Å². The Labute approximate surface area is 115 Å². The van der Waals surface area contributed by atoms with Crippen molar-refractivity contribution in [2.45, 2.75) is 59.5 Å². The Hall–Kier alpha value is -0.340. The maximum atomic E-state index is 3.86. The van der Waals surface area contributed by atoms with Gasteiger partial charge in [-0.05, 0) is 64.8 Å². The third-order valence-electron chi connectivity index (χ3n) is 6.29. The Morgan fingerprint density at radius 2 is 2.11 bits per heavy atom. The highest BCUT2D eigenvalue weighted by Crippen LogP contribution is 2.65. The molecule has 2 fully saturated rings. The van der Waals surface area contributed by atoms with Crippen molar-refractivity contribution in [3.05, 3.63) is 21.9 Å². The predicted molar refractivity (Wildman–Crippen MR) is 78.9 cm³/mol. The fourth-order valence-electron chi connectivity index (χ4n) is 4.31. The summed E-state index contributed by atoms with van der Waals surface area (Å²) in [6.07, 6.45) is 4.23. The predicted octanol–water partition coefficient (Wildman–Crippen LogP) is 4.36. The summed E-state index contributed by atoms with van der Waals surface area (Å²) in [7, 11) is 0. The largest absolute Gasteiger partial charge is 0.309 e. The lowest BCUT2D eigenvalue weighted by Crippen LogP contribution is -2.44. The van der Waals surface area contributed by atoms with E-state index < -0.39 is 0 Å². The number of nitrogens with one attached hydrogen (secondary N) is 1. The monoisotopic (exact) mass is 263 g/mol. The molecule has 18 heavy (non-hydrogen) atoms. The summed E-state index contributed by atoms with van der Waals surface area (Å²) >= 11 is 1.82. The minimum absolute atomic E-state index is 0.502. The summed E-state index contributed by atoms with van der Waals surface area (Å²) in [5.74, 6) is 0.934. The van der Waals surface area contributed by atoms with E-state index in [0.29, 0.717) is 16.9 Å². The summed E-state index contributed by atoms with van der Waals surface area (Å²) < 4.78 is 0. The van der Waals surface area contributed by atoms with Crippen LogP contribution in [0.25, 0.3) is 0 Å². The number of fused-ring (bicyclic) bond motifs is 2. The third kappa shape index (κ3) is 1.61. The second kappa shape index (κ2) is 4.08. The third-order valence-corrected chi connectivity index (χ3v) is 7.20. The average Bonchev–Trinajstić information content (AvgIpc) is 2.87. The van der Waals surface area contributed by atoms with Crippen molar-refractivity contribution >= 4 is 11.3 Å². The van der Waals surface area contributed by atoms with E-state index in [1.807, 2.05) is 11.3 Å². The molecule has 100 valence electrons. The van der Waals surface area contributed by atoms with Crippen LogP contribution >= 0.6 is 11.3 Å². The van der Waals surface area contributed by atoms with Gasteiger partial charge in [0.2, 0.25) is 0 Å². The van der Waals surface area contributed by atoms with E-state index in [4.69, 9.17) is 0 Å². The number of hydrogen-bond acceptors (Lipinski definition) is 2. The quantitative estimate of drug-likeness (QED) is 0.854. The second-order valence-corrected chi connectivity index (χ2v) is 7.87. The molecule has 1 aromatic rings. The van der Waals surface area contributed by atoms with Crippen molar-refractivity contribution in [2.24, 2.45) is 16.7 Å². The summed E-state index contributed by atoms with van der Waals surface area (Å²) in [6, 6.07) is 0.713. The van der Waals surface area contributed by atoms with Crippen LogP contribution in [0.3, 0.4) is 0 Å². The van der Waals surface area contributed by atoms with E-state index in [-0.39, 0.29) is 0 Å². The average molecular weight is 263 g/mol. The van der Waals surface area contributed by atoms with Crippen LogP contribution in [0.2, 0.25) is 0 Å². The number of aryl methyl sites for hydroxylation is 1. The van der Waals surface area contributed by atoms with Crippen molar-refractivity contribution in [2.75, 3.05) is 0 Å². The van der Waals surface area contributed by atoms with Gasteiger partial charge in [0, 0.05) is 12.6 Å². The molecule has 3 atom stereocenters. The Morgan fingerprint density at radius 1 is 1.33 bits per heavy atom. The van der Waals surface area contributed by atoms with Gasteiger partial charge in [-0.1, -0.05) is 20.8 Å². The summed E-state index contributed by atoms with van der Waals surface area (Å²) in [6.45, 7) is 10.8. The van der Waals surface area contributed by atoms with E-state index in [1.165, 1.54) is 30.4 Å². The zero-order chi connectivity index (χ0) is 13.0. The minimum atomic E-state index is 0.502. The number of hydrogen-bond donors (Lipinski definition) is 1. The first-order valence-electron chi connectivity index (χ1n) is 7.20. The van der Waals surface area contributed by atoms with Gasteiger partial charge in [-0.15, -0.1) is 0 Å². The highest BCUT2D eigenvalue weighted by molar-refractivity contribution is 7.08. The van der Waals surface area contributed by atoms with Crippen molar-refractivity contribution in [1.29, 1.82) is 0 Å². The summed E-state index contributed by atoms with van der Waals surface area (Å²) in [5.41, 5.74) is 3.96. The van der Waals surface area contributed by atoms with Gasteiger partial charge in [0.1, 0.15) is 0 Å². The lowest BCUT2D eigenvalue weighted by Gasteiger charge is -2.39. The molecule has 1 N–H and O–H groups in total. The lowest BCUT2D eigenvalue weighted by molar-refractivity contribution is 0.120. The minimum Gasteiger partial charge on any atom is -0.309 e. The first kappa shape index (κ1) is 12.7. The van der Waals surface area contributed by atoms with Crippen molar-refractivity contribution in [1.82, 2.24) is 5.32 Å². The molecule has 0 radical (unpaired) electrons. The van der Waals surface area contributed by atoms with Gasteiger partial charge in [0.15, 0.2) is 0 Å². The Kier molecular flexibility index (Phi) is 2.87. The van der Waals surface area contributed by atoms with Crippen LogP contribution in [-0.4, -0.2) is 6.04 Å². The SMILES string of the molecule is Cc1cscc1CNC1CC2CCC1(C)C2(C)C. The molecule has 3 rings (SSSR count). The molecular weight excluding hydrogens is 238 g/mol. The normalized spacial score (nSPS) is 37.3. The Morgan fingerprint density at radius 3 is 2.61 bits per heavy atom. The van der Waals surface area contributed by atoms with Crippen LogP contribution in [0.4, 0.5) is 0 Å². The molecule has 2 bridgehead atoms. The first-order chi connectivity index (χ1) is 8.45. The molecule has 1 nitrogen and oxygen atoms in total. The molecule has 2 aliphatic carbocycles. The molecule has 0 spiro atoms. The second-order valence-electron chi connectivity index (χ2n) is 7.12. The van der Waals surface area contributed by atoms with E-state index >= 15 is 0 Å². The van der Waals surface area contributed by atoms with Crippen LogP contribution < -0.4 is 5.32 Å². The number of rotatable bonds is 3. The van der Waals surface area contributed by atoms with Crippen molar-refractivity contribution in [3.63, 3.8) is 0 Å². The van der Waals surface area contributed by atoms with Gasteiger partial charge in [-0.2, -0.15) is 11.3 Å². The Bertz CT molecular complexity index is 448. The molecular formula is C16H25NS. The zero-order valence-corrected chi connectivity index (χ0v) is 12.9. The molecule has 1 aromatic heterocycles. The highest BCUT2D eigenvalue weighted by atomic mass is 32.1. The maximum absolute atomic E-state index is 3.86. The van der Waals surface area contributed by atoms with E-state index in [0.717, 1.165) is 12.5 Å². The van der Waals surface area contributed by atoms with Gasteiger partial charge in [0.25, 0.3) is 0 Å². The fourth-order valence-corrected chi connectivity index (χ4v) is 5.17. The zero-order valence-electron chi connectivity index (χ0n) is 12.0. The lowest BCUT2D eigenvalue weighted by atomic mass is 9.69. The summed E-state index contributed by atoms with van der Waals surface area (Å²) in [5, 5.41) is 8.41. The standard InChI is InChI=1S/C16H25NS/c1-11-9-18-10-12(11)8-17-14-7-13-5-6-16(14,4)15(13,2)3/h9-10,13-14,17H,5-8H2,1-4H3. The maximum Gasteiger partial charge on any atom is 0.0219 e. The van der Waals surface area contributed by atoms with Gasteiger partial charge >= 0.3 is 0 Å². The highest BCUT2D eigenvalue weighted by Gasteiger charge is 2.60. The molecule has 1 heterocycles. The van der Waals surface area contributed by atoms with E-state index in [9.17, 15) is 0 Å². The first-order valence-corrected chi connectivity index (χ1v) is 8.14. The Balaban J connectivity index is 1.71. The van der Waals surface area contributed by atoms with Crippen LogP contribution in [0.15, 0.2) is 10.8 Å². The molecule has 2 aliphatic rings. The molecule has 2 heteroatoms. The van der Waals surface area contributed by atoms with Gasteiger partial charge in [-0.3, -0.25) is 0 Å². The smallest absolute Gasteiger partial charge is 0.0219 e. The number of thiophene rings is 1.